The maximum atomic E-state index is 12.6. The number of nitrogens with zero attached hydrogens (tertiary/aromatic N) is 1. The number of hydrogen-bond acceptors (Lipinski definition) is 3. The van der Waals surface area contributed by atoms with E-state index in [1.54, 1.807) is 0 Å². The van der Waals surface area contributed by atoms with E-state index in [1.807, 2.05) is 56.9 Å². The molecule has 4 heteroatoms. The highest BCUT2D eigenvalue weighted by Gasteiger charge is 2.30. The highest BCUT2D eigenvalue weighted by Crippen LogP contribution is 2.18. The number of amides is 1. The zero-order valence-corrected chi connectivity index (χ0v) is 13.3. The van der Waals surface area contributed by atoms with Crippen molar-refractivity contribution in [2.75, 3.05) is 13.1 Å². The lowest BCUT2D eigenvalue weighted by Crippen LogP contribution is -2.52. The van der Waals surface area contributed by atoms with E-state index in [4.69, 9.17) is 9.47 Å². The van der Waals surface area contributed by atoms with Crippen molar-refractivity contribution in [3.05, 3.63) is 29.8 Å². The molecule has 1 aromatic rings. The van der Waals surface area contributed by atoms with E-state index in [1.165, 1.54) is 5.56 Å². The summed E-state index contributed by atoms with van der Waals surface area (Å²) in [5.41, 5.74) is 1.18. The summed E-state index contributed by atoms with van der Waals surface area (Å²) < 4.78 is 11.5. The summed E-state index contributed by atoms with van der Waals surface area (Å²) in [5.74, 6) is 0.801. The molecule has 0 radical (unpaired) electrons. The summed E-state index contributed by atoms with van der Waals surface area (Å²) in [6.07, 6.45) is 0.390. The topological polar surface area (TPSA) is 38.8 Å². The van der Waals surface area contributed by atoms with Gasteiger partial charge in [0.05, 0.1) is 12.2 Å². The van der Waals surface area contributed by atoms with Gasteiger partial charge in [0.2, 0.25) is 0 Å². The fourth-order valence-electron chi connectivity index (χ4n) is 2.65. The smallest absolute Gasteiger partial charge is 0.263 e. The molecule has 1 aliphatic rings. The van der Waals surface area contributed by atoms with Crippen LogP contribution in [0.1, 0.15) is 32.8 Å². The lowest BCUT2D eigenvalue weighted by molar-refractivity contribution is -0.150. The van der Waals surface area contributed by atoms with Crippen molar-refractivity contribution in [1.82, 2.24) is 4.90 Å². The molecule has 1 amide bonds. The van der Waals surface area contributed by atoms with E-state index < -0.39 is 6.10 Å². The minimum atomic E-state index is -0.426. The first-order valence-electron chi connectivity index (χ1n) is 7.67. The van der Waals surface area contributed by atoms with Gasteiger partial charge < -0.3 is 14.4 Å². The van der Waals surface area contributed by atoms with E-state index >= 15 is 0 Å². The Bertz CT molecular complexity index is 461. The number of rotatable bonds is 4. The first-order valence-corrected chi connectivity index (χ1v) is 7.67. The largest absolute Gasteiger partial charge is 0.481 e. The van der Waals surface area contributed by atoms with Crippen LogP contribution < -0.4 is 4.74 Å². The molecule has 1 aromatic carbocycles. The van der Waals surface area contributed by atoms with Crippen LogP contribution in [0, 0.1) is 6.92 Å². The Kier molecular flexibility index (Phi) is 5.23. The van der Waals surface area contributed by atoms with Gasteiger partial charge >= 0.3 is 0 Å². The summed E-state index contributed by atoms with van der Waals surface area (Å²) in [4.78, 5) is 14.5. The molecule has 0 bridgehead atoms. The molecule has 4 nitrogen and oxygen atoms in total. The number of morpholine rings is 1. The first kappa shape index (κ1) is 15.8. The molecule has 21 heavy (non-hydrogen) atoms. The fourth-order valence-corrected chi connectivity index (χ4v) is 2.65. The van der Waals surface area contributed by atoms with Gasteiger partial charge in [-0.05, 0) is 39.3 Å². The average molecular weight is 291 g/mol. The van der Waals surface area contributed by atoms with Crippen LogP contribution >= 0.6 is 0 Å². The van der Waals surface area contributed by atoms with Crippen LogP contribution in [0.2, 0.25) is 0 Å². The zero-order chi connectivity index (χ0) is 15.4. The van der Waals surface area contributed by atoms with Crippen molar-refractivity contribution in [1.29, 1.82) is 0 Å². The molecule has 1 saturated heterocycles. The molecule has 3 atom stereocenters. The molecular weight excluding hydrogens is 266 g/mol. The summed E-state index contributed by atoms with van der Waals surface area (Å²) >= 11 is 0. The maximum Gasteiger partial charge on any atom is 0.263 e. The minimum absolute atomic E-state index is 0.0556. The number of hydrogen-bond donors (Lipinski definition) is 0. The number of aryl methyl sites for hydroxylation is 1. The quantitative estimate of drug-likeness (QED) is 0.856. The molecular formula is C17H25NO3. The second kappa shape index (κ2) is 6.94. The number of ether oxygens (including phenoxy) is 2. The molecule has 0 N–H and O–H groups in total. The second-order valence-corrected chi connectivity index (χ2v) is 5.83. The Morgan fingerprint density at radius 2 is 1.86 bits per heavy atom. The number of carbonyl (C=O) groups is 1. The van der Waals surface area contributed by atoms with Crippen molar-refractivity contribution < 1.29 is 14.3 Å². The van der Waals surface area contributed by atoms with Crippen LogP contribution in [0.25, 0.3) is 0 Å². The Labute approximate surface area is 127 Å². The van der Waals surface area contributed by atoms with Gasteiger partial charge in [0.25, 0.3) is 5.91 Å². The van der Waals surface area contributed by atoms with Crippen molar-refractivity contribution in [2.45, 2.75) is 52.4 Å². The van der Waals surface area contributed by atoms with Crippen LogP contribution in [-0.4, -0.2) is 42.2 Å². The predicted octanol–water partition coefficient (Wildman–Crippen LogP) is 2.79. The molecule has 1 fully saturated rings. The van der Waals surface area contributed by atoms with Gasteiger partial charge in [-0.1, -0.05) is 24.6 Å². The third kappa shape index (κ3) is 4.21. The lowest BCUT2D eigenvalue weighted by Gasteiger charge is -2.36. The number of benzene rings is 1. The molecule has 0 saturated carbocycles. The van der Waals surface area contributed by atoms with Gasteiger partial charge in [-0.25, -0.2) is 0 Å². The van der Waals surface area contributed by atoms with E-state index in [0.717, 1.165) is 5.75 Å². The van der Waals surface area contributed by atoms with E-state index in [2.05, 4.69) is 0 Å². The Morgan fingerprint density at radius 3 is 2.38 bits per heavy atom. The highest BCUT2D eigenvalue weighted by atomic mass is 16.5. The van der Waals surface area contributed by atoms with Gasteiger partial charge in [-0.3, -0.25) is 4.79 Å². The van der Waals surface area contributed by atoms with Crippen molar-refractivity contribution >= 4 is 5.91 Å². The number of carbonyl (C=O) groups excluding carboxylic acids is 1. The van der Waals surface area contributed by atoms with Gasteiger partial charge in [-0.2, -0.15) is 0 Å². The Hall–Kier alpha value is -1.55. The zero-order valence-electron chi connectivity index (χ0n) is 13.3. The van der Waals surface area contributed by atoms with E-state index in [9.17, 15) is 4.79 Å². The standard InChI is InChI=1S/C17H25NO3/c1-5-16(21-15-8-6-12(2)7-9-15)17(19)18-10-13(3)20-14(4)11-18/h6-9,13-14,16H,5,10-11H2,1-4H3/t13-,14+,16-/m0/s1. The Balaban J connectivity index is 2.02. The molecule has 1 heterocycles. The van der Waals surface area contributed by atoms with Crippen LogP contribution in [0.5, 0.6) is 5.75 Å². The van der Waals surface area contributed by atoms with Crippen LogP contribution in [-0.2, 0) is 9.53 Å². The van der Waals surface area contributed by atoms with E-state index in [-0.39, 0.29) is 18.1 Å². The molecule has 0 aromatic heterocycles. The summed E-state index contributed by atoms with van der Waals surface area (Å²) in [5, 5.41) is 0. The van der Waals surface area contributed by atoms with Gasteiger partial charge in [-0.15, -0.1) is 0 Å². The molecule has 1 aliphatic heterocycles. The van der Waals surface area contributed by atoms with Gasteiger partial charge in [0.15, 0.2) is 6.10 Å². The molecule has 2 rings (SSSR count). The van der Waals surface area contributed by atoms with Crippen LogP contribution in [0.4, 0.5) is 0 Å². The monoisotopic (exact) mass is 291 g/mol. The minimum Gasteiger partial charge on any atom is -0.481 e. The fraction of sp³-hybridized carbons (Fsp3) is 0.588. The normalized spacial score (nSPS) is 23.7. The summed E-state index contributed by atoms with van der Waals surface area (Å²) in [6.45, 7) is 9.27. The van der Waals surface area contributed by atoms with Crippen LogP contribution in [0.3, 0.4) is 0 Å². The van der Waals surface area contributed by atoms with Gasteiger partial charge in [0.1, 0.15) is 5.75 Å². The van der Waals surface area contributed by atoms with Crippen molar-refractivity contribution in [3.8, 4) is 5.75 Å². The SMILES string of the molecule is CC[C@H](Oc1ccc(C)cc1)C(=O)N1C[C@@H](C)O[C@@H](C)C1. The maximum absolute atomic E-state index is 12.6. The van der Waals surface area contributed by atoms with Crippen LogP contribution in [0.15, 0.2) is 24.3 Å². The molecule has 0 unspecified atom stereocenters. The molecule has 0 spiro atoms. The van der Waals surface area contributed by atoms with Crippen molar-refractivity contribution in [3.63, 3.8) is 0 Å². The van der Waals surface area contributed by atoms with Gasteiger partial charge in [0, 0.05) is 13.1 Å². The third-order valence-electron chi connectivity index (χ3n) is 3.68. The molecule has 0 aliphatic carbocycles. The van der Waals surface area contributed by atoms with E-state index in [0.29, 0.717) is 19.5 Å². The molecule has 116 valence electrons. The average Bonchev–Trinajstić information content (AvgIpc) is 2.45. The lowest BCUT2D eigenvalue weighted by atomic mass is 10.1. The predicted molar refractivity (Wildman–Crippen MR) is 82.5 cm³/mol. The Morgan fingerprint density at radius 1 is 1.29 bits per heavy atom. The third-order valence-corrected chi connectivity index (χ3v) is 3.68. The second-order valence-electron chi connectivity index (χ2n) is 5.83. The highest BCUT2D eigenvalue weighted by molar-refractivity contribution is 5.81. The first-order chi connectivity index (χ1) is 9.99. The summed E-state index contributed by atoms with van der Waals surface area (Å²) in [6, 6.07) is 7.81. The van der Waals surface area contributed by atoms with Crippen molar-refractivity contribution in [2.24, 2.45) is 0 Å². The summed E-state index contributed by atoms with van der Waals surface area (Å²) in [7, 11) is 0.